The van der Waals surface area contributed by atoms with Gasteiger partial charge < -0.3 is 5.32 Å². The highest BCUT2D eigenvalue weighted by Crippen LogP contribution is 2.24. The molecule has 1 amide bonds. The van der Waals surface area contributed by atoms with Crippen molar-refractivity contribution in [2.24, 2.45) is 0 Å². The molecule has 104 valence electrons. The first kappa shape index (κ1) is 14.6. The van der Waals surface area contributed by atoms with E-state index in [0.29, 0.717) is 5.56 Å². The fourth-order valence-electron chi connectivity index (χ4n) is 1.69. The standard InChI is InChI=1S/C14H9BrF3NO/c1-7-4-8(16)2-3-9(7)14(20)19-13-6-11(17)10(15)5-12(13)18/h2-6H,1H3,(H,19,20). The van der Waals surface area contributed by atoms with Gasteiger partial charge >= 0.3 is 0 Å². The van der Waals surface area contributed by atoms with Crippen LogP contribution in [0.2, 0.25) is 0 Å². The average molecular weight is 344 g/mol. The van der Waals surface area contributed by atoms with Crippen molar-refractivity contribution in [2.45, 2.75) is 6.92 Å². The molecule has 6 heteroatoms. The van der Waals surface area contributed by atoms with E-state index in [9.17, 15) is 18.0 Å². The Bertz CT molecular complexity index is 688. The van der Waals surface area contributed by atoms with Gasteiger partial charge in [0.25, 0.3) is 5.91 Å². The summed E-state index contributed by atoms with van der Waals surface area (Å²) in [6, 6.07) is 5.39. The minimum absolute atomic E-state index is 0.0361. The second-order valence-corrected chi connectivity index (χ2v) is 5.01. The lowest BCUT2D eigenvalue weighted by Crippen LogP contribution is -2.14. The summed E-state index contributed by atoms with van der Waals surface area (Å²) in [6.07, 6.45) is 0. The van der Waals surface area contributed by atoms with Crippen molar-refractivity contribution in [3.05, 3.63) is 63.4 Å². The molecule has 2 aromatic carbocycles. The Balaban J connectivity index is 2.30. The summed E-state index contributed by atoms with van der Waals surface area (Å²) < 4.78 is 39.8. The third-order valence-electron chi connectivity index (χ3n) is 2.69. The van der Waals surface area contributed by atoms with Gasteiger partial charge in [0.15, 0.2) is 0 Å². The van der Waals surface area contributed by atoms with Gasteiger partial charge in [-0.2, -0.15) is 0 Å². The van der Waals surface area contributed by atoms with Crippen LogP contribution in [-0.2, 0) is 0 Å². The van der Waals surface area contributed by atoms with Gasteiger partial charge in [-0.05, 0) is 52.7 Å². The molecule has 0 aliphatic rings. The smallest absolute Gasteiger partial charge is 0.256 e. The molecule has 0 spiro atoms. The molecular weight excluding hydrogens is 335 g/mol. The molecule has 2 nitrogen and oxygen atoms in total. The number of hydrogen-bond donors (Lipinski definition) is 1. The maximum Gasteiger partial charge on any atom is 0.256 e. The van der Waals surface area contributed by atoms with Crippen LogP contribution in [0.5, 0.6) is 0 Å². The van der Waals surface area contributed by atoms with Crippen molar-refractivity contribution in [1.29, 1.82) is 0 Å². The molecule has 0 atom stereocenters. The second-order valence-electron chi connectivity index (χ2n) is 4.16. The van der Waals surface area contributed by atoms with Gasteiger partial charge in [0.05, 0.1) is 10.2 Å². The zero-order chi connectivity index (χ0) is 14.9. The van der Waals surface area contributed by atoms with Gasteiger partial charge in [-0.25, -0.2) is 13.2 Å². The Morgan fingerprint density at radius 1 is 1.10 bits per heavy atom. The van der Waals surface area contributed by atoms with Crippen molar-refractivity contribution in [1.82, 2.24) is 0 Å². The normalized spacial score (nSPS) is 10.4. The molecule has 0 radical (unpaired) electrons. The number of anilines is 1. The molecule has 1 N–H and O–H groups in total. The van der Waals surface area contributed by atoms with Crippen LogP contribution >= 0.6 is 15.9 Å². The quantitative estimate of drug-likeness (QED) is 0.803. The highest BCUT2D eigenvalue weighted by atomic mass is 79.9. The summed E-state index contributed by atoms with van der Waals surface area (Å²) in [6.45, 7) is 1.55. The van der Waals surface area contributed by atoms with E-state index < -0.39 is 23.4 Å². The number of rotatable bonds is 2. The van der Waals surface area contributed by atoms with Gasteiger partial charge in [-0.1, -0.05) is 0 Å². The van der Waals surface area contributed by atoms with Crippen LogP contribution in [0.4, 0.5) is 18.9 Å². The molecule has 0 saturated heterocycles. The minimum atomic E-state index is -0.772. The maximum atomic E-state index is 13.6. The topological polar surface area (TPSA) is 29.1 Å². The van der Waals surface area contributed by atoms with Gasteiger partial charge in [-0.15, -0.1) is 0 Å². The number of nitrogens with one attached hydrogen (secondary N) is 1. The summed E-state index contributed by atoms with van der Waals surface area (Å²) >= 11 is 2.84. The summed E-state index contributed by atoms with van der Waals surface area (Å²) in [5, 5.41) is 2.26. The molecule has 20 heavy (non-hydrogen) atoms. The third kappa shape index (κ3) is 3.01. The number of hydrogen-bond acceptors (Lipinski definition) is 1. The van der Waals surface area contributed by atoms with Crippen molar-refractivity contribution in [3.63, 3.8) is 0 Å². The predicted molar refractivity (Wildman–Crippen MR) is 73.1 cm³/mol. The molecule has 2 aromatic rings. The van der Waals surface area contributed by atoms with Gasteiger partial charge in [0, 0.05) is 11.6 Å². The minimum Gasteiger partial charge on any atom is -0.319 e. The Hall–Kier alpha value is -1.82. The average Bonchev–Trinajstić information content (AvgIpc) is 2.35. The molecule has 0 aliphatic heterocycles. The Morgan fingerprint density at radius 2 is 1.80 bits per heavy atom. The first-order chi connectivity index (χ1) is 9.38. The molecule has 0 fully saturated rings. The lowest BCUT2D eigenvalue weighted by atomic mass is 10.1. The molecular formula is C14H9BrF3NO. The number of aryl methyl sites for hydroxylation is 1. The molecule has 0 saturated carbocycles. The van der Waals surface area contributed by atoms with Crippen LogP contribution in [0.3, 0.4) is 0 Å². The maximum absolute atomic E-state index is 13.6. The lowest BCUT2D eigenvalue weighted by Gasteiger charge is -2.09. The first-order valence-corrected chi connectivity index (χ1v) is 6.40. The van der Waals surface area contributed by atoms with Gasteiger partial charge in [0.2, 0.25) is 0 Å². The molecule has 0 aliphatic carbocycles. The van der Waals surface area contributed by atoms with Gasteiger partial charge in [-0.3, -0.25) is 4.79 Å². The van der Waals surface area contributed by atoms with E-state index >= 15 is 0 Å². The van der Waals surface area contributed by atoms with Crippen LogP contribution in [0, 0.1) is 24.4 Å². The molecule has 0 aromatic heterocycles. The number of carbonyl (C=O) groups is 1. The van der Waals surface area contributed by atoms with E-state index in [2.05, 4.69) is 21.2 Å². The zero-order valence-corrected chi connectivity index (χ0v) is 11.9. The van der Waals surface area contributed by atoms with Crippen molar-refractivity contribution < 1.29 is 18.0 Å². The first-order valence-electron chi connectivity index (χ1n) is 5.60. The number of amides is 1. The van der Waals surface area contributed by atoms with Crippen molar-refractivity contribution >= 4 is 27.5 Å². The van der Waals surface area contributed by atoms with E-state index in [1.807, 2.05) is 0 Å². The number of halogens is 4. The predicted octanol–water partition coefficient (Wildman–Crippen LogP) is 4.43. The fourth-order valence-corrected chi connectivity index (χ4v) is 2.01. The van der Waals surface area contributed by atoms with E-state index in [-0.39, 0.29) is 15.7 Å². The Labute approximate surface area is 121 Å². The molecule has 2 rings (SSSR count). The monoisotopic (exact) mass is 343 g/mol. The highest BCUT2D eigenvalue weighted by molar-refractivity contribution is 9.10. The molecule has 0 heterocycles. The zero-order valence-electron chi connectivity index (χ0n) is 10.3. The summed E-state index contributed by atoms with van der Waals surface area (Å²) in [5.41, 5.74) is 0.314. The van der Waals surface area contributed by atoms with Crippen LogP contribution in [0.25, 0.3) is 0 Å². The van der Waals surface area contributed by atoms with Crippen LogP contribution in [0.1, 0.15) is 15.9 Å². The summed E-state index contributed by atoms with van der Waals surface area (Å²) in [4.78, 5) is 12.0. The molecule has 0 unspecified atom stereocenters. The summed E-state index contributed by atoms with van der Waals surface area (Å²) in [5.74, 6) is -2.58. The van der Waals surface area contributed by atoms with Gasteiger partial charge in [0.1, 0.15) is 17.5 Å². The van der Waals surface area contributed by atoms with E-state index in [1.165, 1.54) is 12.1 Å². The lowest BCUT2D eigenvalue weighted by molar-refractivity contribution is 0.102. The van der Waals surface area contributed by atoms with Crippen LogP contribution in [0.15, 0.2) is 34.8 Å². The summed E-state index contributed by atoms with van der Waals surface area (Å²) in [7, 11) is 0. The number of carbonyl (C=O) groups excluding carboxylic acids is 1. The largest absolute Gasteiger partial charge is 0.319 e. The highest BCUT2D eigenvalue weighted by Gasteiger charge is 2.14. The van der Waals surface area contributed by atoms with E-state index in [0.717, 1.165) is 18.2 Å². The Morgan fingerprint density at radius 3 is 2.45 bits per heavy atom. The SMILES string of the molecule is Cc1cc(F)ccc1C(=O)Nc1cc(F)c(Br)cc1F. The van der Waals surface area contributed by atoms with Crippen molar-refractivity contribution in [3.8, 4) is 0 Å². The van der Waals surface area contributed by atoms with E-state index in [1.54, 1.807) is 6.92 Å². The van der Waals surface area contributed by atoms with Crippen molar-refractivity contribution in [2.75, 3.05) is 5.32 Å². The van der Waals surface area contributed by atoms with Crippen LogP contribution in [-0.4, -0.2) is 5.91 Å². The van der Waals surface area contributed by atoms with E-state index in [4.69, 9.17) is 0 Å². The number of benzene rings is 2. The second kappa shape index (κ2) is 5.66. The third-order valence-corrected chi connectivity index (χ3v) is 3.30. The fraction of sp³-hybridized carbons (Fsp3) is 0.0714. The van der Waals surface area contributed by atoms with Crippen LogP contribution < -0.4 is 5.32 Å². The molecule has 0 bridgehead atoms. The Kier molecular flexibility index (Phi) is 4.13.